The van der Waals surface area contributed by atoms with Gasteiger partial charge in [-0.3, -0.25) is 14.4 Å². The number of nitrogens with two attached hydrogens (primary N) is 1. The van der Waals surface area contributed by atoms with Crippen molar-refractivity contribution < 1.29 is 29.4 Å². The normalized spacial score (nSPS) is 17.1. The SMILES string of the molecule is NC(Cc1ccc(O)cc1)C(=O)NC(Cc1cnc[nH]1)C(=O)NCC(=O)N1CCCC1C(=O)O. The molecule has 1 saturated heterocycles. The van der Waals surface area contributed by atoms with Crippen molar-refractivity contribution in [1.29, 1.82) is 0 Å². The molecule has 34 heavy (non-hydrogen) atoms. The van der Waals surface area contributed by atoms with Gasteiger partial charge in [0.1, 0.15) is 17.8 Å². The van der Waals surface area contributed by atoms with E-state index in [4.69, 9.17) is 5.73 Å². The summed E-state index contributed by atoms with van der Waals surface area (Å²) in [5, 5.41) is 23.7. The number of rotatable bonds is 10. The quantitative estimate of drug-likeness (QED) is 0.251. The summed E-state index contributed by atoms with van der Waals surface area (Å²) in [6, 6.07) is 3.37. The minimum Gasteiger partial charge on any atom is -0.508 e. The molecule has 0 aliphatic carbocycles. The van der Waals surface area contributed by atoms with Gasteiger partial charge in [-0.05, 0) is 37.0 Å². The number of phenolic OH excluding ortho intramolecular Hbond substituents is 1. The van der Waals surface area contributed by atoms with Crippen LogP contribution >= 0.6 is 0 Å². The number of hydrogen-bond donors (Lipinski definition) is 6. The number of likely N-dealkylation sites (tertiary alicyclic amines) is 1. The maximum atomic E-state index is 12.8. The summed E-state index contributed by atoms with van der Waals surface area (Å²) in [6.45, 7) is -0.0797. The van der Waals surface area contributed by atoms with Crippen LogP contribution in [-0.4, -0.2) is 80.0 Å². The Hall–Kier alpha value is -3.93. The minimum atomic E-state index is -1.08. The van der Waals surface area contributed by atoms with Gasteiger partial charge in [-0.25, -0.2) is 9.78 Å². The fraction of sp³-hybridized carbons (Fsp3) is 0.409. The number of H-pyrrole nitrogens is 1. The summed E-state index contributed by atoms with van der Waals surface area (Å²) in [7, 11) is 0. The lowest BCUT2D eigenvalue weighted by molar-refractivity contribution is -0.148. The maximum absolute atomic E-state index is 12.8. The molecule has 1 aromatic carbocycles. The second-order valence-corrected chi connectivity index (χ2v) is 8.12. The molecule has 12 heteroatoms. The lowest BCUT2D eigenvalue weighted by Crippen LogP contribution is -2.54. The van der Waals surface area contributed by atoms with Crippen LogP contribution in [0.1, 0.15) is 24.1 Å². The van der Waals surface area contributed by atoms with Gasteiger partial charge < -0.3 is 36.5 Å². The highest BCUT2D eigenvalue weighted by molar-refractivity contribution is 5.93. The molecule has 2 heterocycles. The van der Waals surface area contributed by atoms with Crippen LogP contribution in [0.3, 0.4) is 0 Å². The molecule has 1 aliphatic heterocycles. The number of nitrogens with one attached hydrogen (secondary N) is 3. The number of imidazole rings is 1. The molecule has 0 spiro atoms. The number of aromatic hydroxyl groups is 1. The zero-order valence-electron chi connectivity index (χ0n) is 18.4. The van der Waals surface area contributed by atoms with E-state index in [0.29, 0.717) is 25.1 Å². The summed E-state index contributed by atoms with van der Waals surface area (Å²) in [5.74, 6) is -2.67. The highest BCUT2D eigenvalue weighted by atomic mass is 16.4. The van der Waals surface area contributed by atoms with Crippen molar-refractivity contribution >= 4 is 23.7 Å². The first-order chi connectivity index (χ1) is 16.2. The lowest BCUT2D eigenvalue weighted by atomic mass is 10.0. The number of carbonyl (C=O) groups excluding carboxylic acids is 3. The maximum Gasteiger partial charge on any atom is 0.326 e. The van der Waals surface area contributed by atoms with Crippen LogP contribution in [0.5, 0.6) is 5.75 Å². The number of phenols is 1. The van der Waals surface area contributed by atoms with Crippen molar-refractivity contribution in [3.8, 4) is 5.75 Å². The fourth-order valence-corrected chi connectivity index (χ4v) is 3.79. The Morgan fingerprint density at radius 2 is 1.91 bits per heavy atom. The van der Waals surface area contributed by atoms with Crippen LogP contribution in [0.25, 0.3) is 0 Å². The first-order valence-corrected chi connectivity index (χ1v) is 10.9. The van der Waals surface area contributed by atoms with Crippen LogP contribution in [0, 0.1) is 0 Å². The number of amides is 3. The molecule has 0 saturated carbocycles. The summed E-state index contributed by atoms with van der Waals surface area (Å²) < 4.78 is 0. The number of carboxylic acids is 1. The van der Waals surface area contributed by atoms with E-state index in [1.54, 1.807) is 12.1 Å². The van der Waals surface area contributed by atoms with Gasteiger partial charge in [0.2, 0.25) is 17.7 Å². The zero-order chi connectivity index (χ0) is 24.7. The number of carboxylic acid groups (broad SMARTS) is 1. The van der Waals surface area contributed by atoms with Gasteiger partial charge in [-0.1, -0.05) is 12.1 Å². The molecule has 0 bridgehead atoms. The van der Waals surface area contributed by atoms with E-state index in [1.165, 1.54) is 29.6 Å². The Kier molecular flexibility index (Phi) is 8.19. The Morgan fingerprint density at radius 1 is 1.18 bits per heavy atom. The van der Waals surface area contributed by atoms with Gasteiger partial charge >= 0.3 is 5.97 Å². The van der Waals surface area contributed by atoms with Crippen molar-refractivity contribution in [3.63, 3.8) is 0 Å². The number of carbonyl (C=O) groups is 4. The number of aromatic nitrogens is 2. The van der Waals surface area contributed by atoms with Crippen LogP contribution in [-0.2, 0) is 32.0 Å². The molecule has 3 atom stereocenters. The molecule has 7 N–H and O–H groups in total. The summed E-state index contributed by atoms with van der Waals surface area (Å²) in [4.78, 5) is 57.3. The van der Waals surface area contributed by atoms with Crippen LogP contribution in [0.2, 0.25) is 0 Å². The fourth-order valence-electron chi connectivity index (χ4n) is 3.79. The molecule has 3 amide bonds. The van der Waals surface area contributed by atoms with Crippen molar-refractivity contribution in [2.24, 2.45) is 5.73 Å². The molecule has 1 fully saturated rings. The van der Waals surface area contributed by atoms with Gasteiger partial charge in [0.15, 0.2) is 0 Å². The standard InChI is InChI=1S/C22H28N6O6/c23-16(8-13-3-5-15(29)6-4-13)20(31)27-17(9-14-10-24-12-26-14)21(32)25-11-19(30)28-7-1-2-18(28)22(33)34/h3-6,10,12,16-18,29H,1-2,7-9,11,23H2,(H,24,26)(H,25,32)(H,27,31)(H,33,34). The van der Waals surface area contributed by atoms with Crippen LogP contribution in [0.15, 0.2) is 36.8 Å². The number of nitrogens with zero attached hydrogens (tertiary/aromatic N) is 2. The molecule has 12 nitrogen and oxygen atoms in total. The average Bonchev–Trinajstić information content (AvgIpc) is 3.50. The zero-order valence-corrected chi connectivity index (χ0v) is 18.4. The summed E-state index contributed by atoms with van der Waals surface area (Å²) >= 11 is 0. The van der Waals surface area contributed by atoms with E-state index >= 15 is 0 Å². The van der Waals surface area contributed by atoms with Gasteiger partial charge in [-0.15, -0.1) is 0 Å². The number of benzene rings is 1. The molecular formula is C22H28N6O6. The first kappa shape index (κ1) is 24.7. The van der Waals surface area contributed by atoms with E-state index in [0.717, 1.165) is 5.56 Å². The second kappa shape index (κ2) is 11.3. The molecule has 3 rings (SSSR count). The van der Waals surface area contributed by atoms with Gasteiger partial charge in [0.25, 0.3) is 0 Å². The molecular weight excluding hydrogens is 444 g/mol. The van der Waals surface area contributed by atoms with Crippen molar-refractivity contribution in [2.45, 2.75) is 43.8 Å². The third-order valence-corrected chi connectivity index (χ3v) is 5.61. The van der Waals surface area contributed by atoms with Crippen molar-refractivity contribution in [1.82, 2.24) is 25.5 Å². The van der Waals surface area contributed by atoms with Crippen molar-refractivity contribution in [2.75, 3.05) is 13.1 Å². The van der Waals surface area contributed by atoms with Gasteiger partial charge in [0.05, 0.1) is 18.9 Å². The molecule has 1 aromatic heterocycles. The van der Waals surface area contributed by atoms with Crippen molar-refractivity contribution in [3.05, 3.63) is 48.0 Å². The third kappa shape index (κ3) is 6.54. The van der Waals surface area contributed by atoms with Gasteiger partial charge in [0, 0.05) is 24.9 Å². The predicted molar refractivity (Wildman–Crippen MR) is 119 cm³/mol. The number of hydrogen-bond acceptors (Lipinski definition) is 7. The van der Waals surface area contributed by atoms with Crippen LogP contribution < -0.4 is 16.4 Å². The Labute approximate surface area is 195 Å². The predicted octanol–water partition coefficient (Wildman–Crippen LogP) is -1.10. The summed E-state index contributed by atoms with van der Waals surface area (Å²) in [6.07, 6.45) is 4.16. The van der Waals surface area contributed by atoms with E-state index in [1.807, 2.05) is 0 Å². The molecule has 3 unspecified atom stereocenters. The molecule has 182 valence electrons. The number of aliphatic carboxylic acids is 1. The smallest absolute Gasteiger partial charge is 0.326 e. The first-order valence-electron chi connectivity index (χ1n) is 10.9. The van der Waals surface area contributed by atoms with E-state index < -0.39 is 48.4 Å². The second-order valence-electron chi connectivity index (χ2n) is 8.12. The summed E-state index contributed by atoms with van der Waals surface area (Å²) in [5.41, 5.74) is 7.34. The van der Waals surface area contributed by atoms with E-state index in [-0.39, 0.29) is 18.6 Å². The molecule has 0 radical (unpaired) electrons. The Bertz CT molecular complexity index is 1010. The average molecular weight is 473 g/mol. The Morgan fingerprint density at radius 3 is 2.56 bits per heavy atom. The van der Waals surface area contributed by atoms with E-state index in [9.17, 15) is 29.4 Å². The molecule has 1 aliphatic rings. The van der Waals surface area contributed by atoms with Gasteiger partial charge in [-0.2, -0.15) is 0 Å². The largest absolute Gasteiger partial charge is 0.508 e. The lowest BCUT2D eigenvalue weighted by Gasteiger charge is -2.23. The number of aromatic amines is 1. The minimum absolute atomic E-state index is 0.0825. The topological polar surface area (TPSA) is 191 Å². The highest BCUT2D eigenvalue weighted by Crippen LogP contribution is 2.17. The molecule has 2 aromatic rings. The van der Waals surface area contributed by atoms with Crippen LogP contribution in [0.4, 0.5) is 0 Å². The van der Waals surface area contributed by atoms with E-state index in [2.05, 4.69) is 20.6 Å². The third-order valence-electron chi connectivity index (χ3n) is 5.61. The Balaban J connectivity index is 1.61. The highest BCUT2D eigenvalue weighted by Gasteiger charge is 2.34. The monoisotopic (exact) mass is 472 g/mol.